The van der Waals surface area contributed by atoms with Gasteiger partial charge in [-0.1, -0.05) is 0 Å². The quantitative estimate of drug-likeness (QED) is 0.796. The molecule has 0 aliphatic rings. The van der Waals surface area contributed by atoms with Crippen LogP contribution in [0, 0.1) is 18.3 Å². The largest absolute Gasteiger partial charge is 0.496 e. The summed E-state index contributed by atoms with van der Waals surface area (Å²) in [4.78, 5) is 4.84. The van der Waals surface area contributed by atoms with E-state index in [0.29, 0.717) is 4.88 Å². The van der Waals surface area contributed by atoms with Crippen LogP contribution < -0.4 is 4.74 Å². The minimum atomic E-state index is 0.628. The van der Waals surface area contributed by atoms with Crippen LogP contribution in [0.3, 0.4) is 0 Å². The van der Waals surface area contributed by atoms with E-state index in [0.717, 1.165) is 21.9 Å². The van der Waals surface area contributed by atoms with E-state index in [2.05, 4.69) is 11.1 Å². The number of thiazole rings is 1. The SMILES string of the molecule is COc1ccc(-c2ncc(C#N)s2)cc1C. The molecule has 1 aromatic heterocycles. The van der Waals surface area contributed by atoms with Gasteiger partial charge >= 0.3 is 0 Å². The van der Waals surface area contributed by atoms with Gasteiger partial charge in [-0.15, -0.1) is 11.3 Å². The van der Waals surface area contributed by atoms with Crippen molar-refractivity contribution >= 4 is 11.3 Å². The molecule has 0 bridgehead atoms. The van der Waals surface area contributed by atoms with E-state index in [4.69, 9.17) is 10.00 Å². The molecule has 0 radical (unpaired) electrons. The third-order valence-corrected chi connectivity index (χ3v) is 3.21. The van der Waals surface area contributed by atoms with E-state index in [1.165, 1.54) is 11.3 Å². The molecule has 0 fully saturated rings. The molecule has 0 unspecified atom stereocenters. The van der Waals surface area contributed by atoms with Crippen molar-refractivity contribution < 1.29 is 4.74 Å². The van der Waals surface area contributed by atoms with Gasteiger partial charge < -0.3 is 4.74 Å². The van der Waals surface area contributed by atoms with Crippen molar-refractivity contribution in [2.75, 3.05) is 7.11 Å². The monoisotopic (exact) mass is 230 g/mol. The first-order chi connectivity index (χ1) is 7.74. The van der Waals surface area contributed by atoms with Gasteiger partial charge in [-0.25, -0.2) is 4.98 Å². The van der Waals surface area contributed by atoms with Gasteiger partial charge in [0.25, 0.3) is 0 Å². The highest BCUT2D eigenvalue weighted by atomic mass is 32.1. The topological polar surface area (TPSA) is 45.9 Å². The van der Waals surface area contributed by atoms with Gasteiger partial charge in [0.1, 0.15) is 21.7 Å². The van der Waals surface area contributed by atoms with Crippen molar-refractivity contribution in [3.05, 3.63) is 34.8 Å². The van der Waals surface area contributed by atoms with E-state index in [9.17, 15) is 0 Å². The Labute approximate surface area is 97.9 Å². The van der Waals surface area contributed by atoms with Crippen LogP contribution in [0.15, 0.2) is 24.4 Å². The molecule has 1 heterocycles. The predicted octanol–water partition coefficient (Wildman–Crippen LogP) is 3.00. The highest BCUT2D eigenvalue weighted by molar-refractivity contribution is 7.15. The molecule has 0 spiro atoms. The Morgan fingerprint density at radius 1 is 1.44 bits per heavy atom. The zero-order chi connectivity index (χ0) is 11.5. The fourth-order valence-corrected chi connectivity index (χ4v) is 2.18. The normalized spacial score (nSPS) is 9.81. The lowest BCUT2D eigenvalue weighted by molar-refractivity contribution is 0.412. The van der Waals surface area contributed by atoms with Gasteiger partial charge in [0, 0.05) is 5.56 Å². The number of hydrogen-bond acceptors (Lipinski definition) is 4. The Kier molecular flexibility index (Phi) is 2.88. The fourth-order valence-electron chi connectivity index (χ4n) is 1.47. The number of nitriles is 1. The van der Waals surface area contributed by atoms with Gasteiger partial charge in [0.15, 0.2) is 0 Å². The van der Waals surface area contributed by atoms with Crippen LogP contribution in [-0.4, -0.2) is 12.1 Å². The smallest absolute Gasteiger partial charge is 0.125 e. The molecule has 0 N–H and O–H groups in total. The Balaban J connectivity index is 2.42. The number of methoxy groups -OCH3 is 1. The predicted molar refractivity (Wildman–Crippen MR) is 63.6 cm³/mol. The first kappa shape index (κ1) is 10.7. The standard InChI is InChI=1S/C12H10N2OS/c1-8-5-9(3-4-11(8)15-2)12-14-7-10(6-13)16-12/h3-5,7H,1-2H3. The lowest BCUT2D eigenvalue weighted by atomic mass is 10.1. The van der Waals surface area contributed by atoms with Gasteiger partial charge in [-0.05, 0) is 30.7 Å². The van der Waals surface area contributed by atoms with Gasteiger partial charge in [-0.2, -0.15) is 5.26 Å². The van der Waals surface area contributed by atoms with Crippen LogP contribution in [0.2, 0.25) is 0 Å². The van der Waals surface area contributed by atoms with Crippen molar-refractivity contribution in [1.82, 2.24) is 4.98 Å². The van der Waals surface area contributed by atoms with Crippen molar-refractivity contribution in [2.45, 2.75) is 6.92 Å². The van der Waals surface area contributed by atoms with Gasteiger partial charge in [0.05, 0.1) is 13.3 Å². The second-order valence-corrected chi connectivity index (χ2v) is 4.36. The Hall–Kier alpha value is -1.86. The molecule has 2 rings (SSSR count). The van der Waals surface area contributed by atoms with Crippen molar-refractivity contribution in [3.63, 3.8) is 0 Å². The van der Waals surface area contributed by atoms with Crippen molar-refractivity contribution in [2.24, 2.45) is 0 Å². The van der Waals surface area contributed by atoms with Crippen LogP contribution >= 0.6 is 11.3 Å². The highest BCUT2D eigenvalue weighted by Crippen LogP contribution is 2.28. The van der Waals surface area contributed by atoms with Crippen molar-refractivity contribution in [1.29, 1.82) is 5.26 Å². The average molecular weight is 230 g/mol. The highest BCUT2D eigenvalue weighted by Gasteiger charge is 2.06. The van der Waals surface area contributed by atoms with Crippen LogP contribution in [0.25, 0.3) is 10.6 Å². The van der Waals surface area contributed by atoms with E-state index in [-0.39, 0.29) is 0 Å². The Morgan fingerprint density at radius 3 is 2.81 bits per heavy atom. The molecule has 3 nitrogen and oxygen atoms in total. The van der Waals surface area contributed by atoms with E-state index in [1.807, 2.05) is 25.1 Å². The number of ether oxygens (including phenoxy) is 1. The molecule has 80 valence electrons. The number of benzene rings is 1. The fraction of sp³-hybridized carbons (Fsp3) is 0.167. The summed E-state index contributed by atoms with van der Waals surface area (Å²) >= 11 is 1.40. The van der Waals surface area contributed by atoms with E-state index < -0.39 is 0 Å². The average Bonchev–Trinajstić information content (AvgIpc) is 2.77. The van der Waals surface area contributed by atoms with Gasteiger partial charge in [0.2, 0.25) is 0 Å². The summed E-state index contributed by atoms with van der Waals surface area (Å²) in [6.07, 6.45) is 1.60. The van der Waals surface area contributed by atoms with Crippen LogP contribution in [0.1, 0.15) is 10.4 Å². The third kappa shape index (κ3) is 1.90. The lowest BCUT2D eigenvalue weighted by Gasteiger charge is -2.05. The summed E-state index contributed by atoms with van der Waals surface area (Å²) < 4.78 is 5.19. The second kappa shape index (κ2) is 4.33. The zero-order valence-corrected chi connectivity index (χ0v) is 9.84. The summed E-state index contributed by atoms with van der Waals surface area (Å²) in [5.41, 5.74) is 2.08. The Morgan fingerprint density at radius 2 is 2.25 bits per heavy atom. The molecular formula is C12H10N2OS. The number of aromatic nitrogens is 1. The molecule has 1 aromatic carbocycles. The van der Waals surface area contributed by atoms with E-state index in [1.54, 1.807) is 13.3 Å². The summed E-state index contributed by atoms with van der Waals surface area (Å²) in [6, 6.07) is 7.96. The molecule has 16 heavy (non-hydrogen) atoms. The number of hydrogen-bond donors (Lipinski definition) is 0. The first-order valence-electron chi connectivity index (χ1n) is 4.75. The lowest BCUT2D eigenvalue weighted by Crippen LogP contribution is -1.87. The molecule has 4 heteroatoms. The maximum Gasteiger partial charge on any atom is 0.125 e. The molecule has 0 saturated heterocycles. The second-order valence-electron chi connectivity index (χ2n) is 3.33. The molecule has 0 saturated carbocycles. The number of rotatable bonds is 2. The molecule has 2 aromatic rings. The Bertz CT molecular complexity index is 554. The maximum absolute atomic E-state index is 8.74. The van der Waals surface area contributed by atoms with Crippen LogP contribution in [0.5, 0.6) is 5.75 Å². The molecule has 0 aliphatic carbocycles. The molecular weight excluding hydrogens is 220 g/mol. The summed E-state index contributed by atoms with van der Waals surface area (Å²) in [7, 11) is 1.65. The van der Waals surface area contributed by atoms with Crippen LogP contribution in [0.4, 0.5) is 0 Å². The summed E-state index contributed by atoms with van der Waals surface area (Å²) in [5, 5.41) is 9.60. The van der Waals surface area contributed by atoms with Crippen LogP contribution in [-0.2, 0) is 0 Å². The third-order valence-electron chi connectivity index (χ3n) is 2.26. The zero-order valence-electron chi connectivity index (χ0n) is 9.02. The molecule has 0 amide bonds. The first-order valence-corrected chi connectivity index (χ1v) is 5.57. The molecule has 0 aliphatic heterocycles. The van der Waals surface area contributed by atoms with Crippen molar-refractivity contribution in [3.8, 4) is 22.4 Å². The number of nitrogens with zero attached hydrogens (tertiary/aromatic N) is 2. The van der Waals surface area contributed by atoms with E-state index >= 15 is 0 Å². The minimum Gasteiger partial charge on any atom is -0.496 e. The minimum absolute atomic E-state index is 0.628. The maximum atomic E-state index is 8.74. The summed E-state index contributed by atoms with van der Waals surface area (Å²) in [6.45, 7) is 1.99. The van der Waals surface area contributed by atoms with Gasteiger partial charge in [-0.3, -0.25) is 0 Å². The molecule has 0 atom stereocenters. The number of aryl methyl sites for hydroxylation is 1. The summed E-state index contributed by atoms with van der Waals surface area (Å²) in [5.74, 6) is 0.862.